The molecule has 5 aromatic rings. The number of amides is 2. The minimum absolute atomic E-state index is 0.0416. The molecule has 0 spiro atoms. The molecule has 2 aliphatic heterocycles. The molecule has 3 N–H and O–H groups in total. The average Bonchev–Trinajstić information content (AvgIpc) is 3.69. The van der Waals surface area contributed by atoms with Crippen LogP contribution in [0.3, 0.4) is 0 Å². The molecule has 0 bridgehead atoms. The summed E-state index contributed by atoms with van der Waals surface area (Å²) in [5, 5.41) is 22.6. The largest absolute Gasteiger partial charge is 0.509 e. The van der Waals surface area contributed by atoms with Crippen LogP contribution in [0.1, 0.15) is 27.9 Å². The van der Waals surface area contributed by atoms with E-state index in [1.54, 1.807) is 36.8 Å². The van der Waals surface area contributed by atoms with Crippen molar-refractivity contribution in [1.29, 1.82) is 0 Å². The maximum Gasteiger partial charge on any atom is 0.358 e. The lowest BCUT2D eigenvalue weighted by atomic mass is 9.77. The maximum absolute atomic E-state index is 13.8. The third kappa shape index (κ3) is 7.00. The maximum atomic E-state index is 13.8. The predicted molar refractivity (Wildman–Crippen MR) is 206 cm³/mol. The van der Waals surface area contributed by atoms with Crippen molar-refractivity contribution in [2.24, 2.45) is 5.16 Å². The number of methoxy groups -OCH3 is 1. The molecule has 0 aliphatic carbocycles. The van der Waals surface area contributed by atoms with Gasteiger partial charge in [0.2, 0.25) is 0 Å². The molecule has 2 amide bonds. The van der Waals surface area contributed by atoms with Crippen molar-refractivity contribution in [3.05, 3.63) is 160 Å². The van der Waals surface area contributed by atoms with Gasteiger partial charge in [0.15, 0.2) is 16.5 Å². The zero-order valence-corrected chi connectivity index (χ0v) is 30.8. The number of rotatable bonds is 13. The van der Waals surface area contributed by atoms with Gasteiger partial charge in [0, 0.05) is 5.38 Å². The first-order valence-electron chi connectivity index (χ1n) is 16.8. The Morgan fingerprint density at radius 1 is 0.907 bits per heavy atom. The summed E-state index contributed by atoms with van der Waals surface area (Å²) in [7, 11) is 2.86. The van der Waals surface area contributed by atoms with E-state index in [2.05, 4.69) is 52.2 Å². The molecule has 3 heterocycles. The van der Waals surface area contributed by atoms with Gasteiger partial charge >= 0.3 is 5.97 Å². The molecule has 14 heteroatoms. The van der Waals surface area contributed by atoms with Crippen molar-refractivity contribution in [2.45, 2.75) is 23.6 Å². The monoisotopic (exact) mass is 761 g/mol. The zero-order valence-electron chi connectivity index (χ0n) is 29.2. The van der Waals surface area contributed by atoms with Crippen LogP contribution < -0.4 is 15.4 Å². The molecule has 7 rings (SSSR count). The normalized spacial score (nSPS) is 16.9. The van der Waals surface area contributed by atoms with E-state index in [1.807, 2.05) is 54.6 Å². The summed E-state index contributed by atoms with van der Waals surface area (Å²) in [6.07, 6.45) is 0. The number of anilines is 1. The molecule has 0 saturated carbocycles. The number of ether oxygens (including phenoxy) is 2. The summed E-state index contributed by atoms with van der Waals surface area (Å²) in [4.78, 5) is 51.4. The lowest BCUT2D eigenvalue weighted by Crippen LogP contribution is -2.71. The topological polar surface area (TPSA) is 152 Å². The van der Waals surface area contributed by atoms with Crippen molar-refractivity contribution < 1.29 is 33.8 Å². The standard InChI is InChI=1S/C40H35N5O7S2/c1-50-29-20-18-25(19-21-29)22-52-38(49)34-31(46)24-53-37-33(36(48)45(34)37)42-35(47)32(44-51-2)30-23-54-39(41-30)43-40(26-12-6-3-7-13-26,27-14-8-4-9-15-27)28-16-10-5-11-17-28/h3-21,23,33,37,46H,22,24H2,1-2H3,(H,41,43)(H,42,47)/b44-32+/t33-,37-/m1/s1. The molecule has 2 atom stereocenters. The van der Waals surface area contributed by atoms with Gasteiger partial charge in [-0.2, -0.15) is 0 Å². The Labute approximate surface area is 319 Å². The lowest BCUT2D eigenvalue weighted by molar-refractivity contribution is -0.153. The number of thioether (sulfide) groups is 1. The molecular weight excluding hydrogens is 727 g/mol. The van der Waals surface area contributed by atoms with Crippen LogP contribution in [0.25, 0.3) is 0 Å². The number of benzene rings is 4. The summed E-state index contributed by atoms with van der Waals surface area (Å²) >= 11 is 2.49. The fourth-order valence-electron chi connectivity index (χ4n) is 6.42. The SMILES string of the molecule is CO/N=C(/C(=O)N[C@@H]1C(=O)N2C(C(=O)OCc3ccc(OC)cc3)=C(O)CS[C@H]12)c1csc(NC(c2ccccc2)(c2ccccc2)c2ccccc2)n1. The number of β-lactam (4-membered cyclic amide) rings is 1. The Morgan fingerprint density at radius 3 is 2.06 bits per heavy atom. The molecule has 4 aromatic carbocycles. The number of carbonyl (C=O) groups is 3. The van der Waals surface area contributed by atoms with Crippen LogP contribution in [-0.2, 0) is 36.1 Å². The van der Waals surface area contributed by atoms with Gasteiger partial charge in [-0.25, -0.2) is 9.78 Å². The number of esters is 1. The second-order valence-electron chi connectivity index (χ2n) is 12.2. The Kier molecular flexibility index (Phi) is 10.6. The molecule has 274 valence electrons. The molecule has 1 aromatic heterocycles. The number of aliphatic hydroxyl groups is 1. The van der Waals surface area contributed by atoms with Crippen molar-refractivity contribution in [1.82, 2.24) is 15.2 Å². The van der Waals surface area contributed by atoms with Crippen LogP contribution in [0.15, 0.2) is 137 Å². The lowest BCUT2D eigenvalue weighted by Gasteiger charge is -2.48. The number of hydrogen-bond acceptors (Lipinski definition) is 12. The van der Waals surface area contributed by atoms with Crippen molar-refractivity contribution in [3.8, 4) is 5.75 Å². The number of nitrogens with zero attached hydrogens (tertiary/aromatic N) is 3. The highest BCUT2D eigenvalue weighted by atomic mass is 32.2. The predicted octanol–water partition coefficient (Wildman–Crippen LogP) is 5.82. The highest BCUT2D eigenvalue weighted by Crippen LogP contribution is 2.42. The van der Waals surface area contributed by atoms with E-state index in [1.165, 1.54) is 30.2 Å². The molecule has 2 aliphatic rings. The number of thiazole rings is 1. The van der Waals surface area contributed by atoms with E-state index in [9.17, 15) is 19.5 Å². The van der Waals surface area contributed by atoms with Gasteiger partial charge in [0.05, 0.1) is 12.9 Å². The van der Waals surface area contributed by atoms with Gasteiger partial charge in [-0.15, -0.1) is 23.1 Å². The number of aromatic nitrogens is 1. The van der Waals surface area contributed by atoms with Crippen LogP contribution in [0.2, 0.25) is 0 Å². The highest BCUT2D eigenvalue weighted by molar-refractivity contribution is 8.00. The number of nitrogens with one attached hydrogen (secondary N) is 2. The van der Waals surface area contributed by atoms with Crippen LogP contribution in [0.5, 0.6) is 5.75 Å². The first-order chi connectivity index (χ1) is 26.3. The highest BCUT2D eigenvalue weighted by Gasteiger charge is 2.55. The number of aliphatic hydroxyl groups excluding tert-OH is 1. The molecule has 54 heavy (non-hydrogen) atoms. The summed E-state index contributed by atoms with van der Waals surface area (Å²) in [5.74, 6) is -1.72. The zero-order chi connectivity index (χ0) is 37.7. The van der Waals surface area contributed by atoms with Crippen LogP contribution in [0, 0.1) is 0 Å². The Balaban J connectivity index is 1.09. The van der Waals surface area contributed by atoms with Crippen LogP contribution in [0.4, 0.5) is 5.13 Å². The van der Waals surface area contributed by atoms with Crippen molar-refractivity contribution >= 4 is 51.7 Å². The van der Waals surface area contributed by atoms with Gasteiger partial charge in [0.1, 0.15) is 47.9 Å². The summed E-state index contributed by atoms with van der Waals surface area (Å²) in [6.45, 7) is -0.0793. The van der Waals surface area contributed by atoms with Gasteiger partial charge in [-0.1, -0.05) is 108 Å². The average molecular weight is 762 g/mol. The Bertz CT molecular complexity index is 2100. The van der Waals surface area contributed by atoms with Crippen LogP contribution in [-0.4, -0.2) is 69.9 Å². The molecule has 1 fully saturated rings. The molecule has 1 saturated heterocycles. The number of carbonyl (C=O) groups excluding carboxylic acids is 3. The first kappa shape index (κ1) is 36.2. The van der Waals surface area contributed by atoms with Gasteiger partial charge < -0.3 is 30.1 Å². The van der Waals surface area contributed by atoms with E-state index < -0.39 is 34.7 Å². The molecular formula is C40H35N5O7S2. The Hall–Kier alpha value is -6.12. The molecule has 0 radical (unpaired) electrons. The summed E-state index contributed by atoms with van der Waals surface area (Å²) in [6, 6.07) is 36.0. The minimum atomic E-state index is -1.01. The van der Waals surface area contributed by atoms with Crippen molar-refractivity contribution in [3.63, 3.8) is 0 Å². The number of fused-ring (bicyclic) bond motifs is 1. The van der Waals surface area contributed by atoms with Gasteiger partial charge in [0.25, 0.3) is 11.8 Å². The molecule has 12 nitrogen and oxygen atoms in total. The third-order valence-corrected chi connectivity index (χ3v) is 11.0. The van der Waals surface area contributed by atoms with E-state index >= 15 is 0 Å². The number of oxime groups is 1. The molecule has 0 unspecified atom stereocenters. The van der Waals surface area contributed by atoms with E-state index in [4.69, 9.17) is 19.3 Å². The second kappa shape index (κ2) is 15.9. The van der Waals surface area contributed by atoms with Gasteiger partial charge in [-0.3, -0.25) is 14.5 Å². The second-order valence-corrected chi connectivity index (χ2v) is 14.2. The first-order valence-corrected chi connectivity index (χ1v) is 18.8. The quantitative estimate of drug-likeness (QED) is 0.0440. The summed E-state index contributed by atoms with van der Waals surface area (Å²) < 4.78 is 10.6. The summed E-state index contributed by atoms with van der Waals surface area (Å²) in [5.41, 5.74) is 2.61. The van der Waals surface area contributed by atoms with E-state index in [0.717, 1.165) is 21.6 Å². The van der Waals surface area contributed by atoms with Gasteiger partial charge in [-0.05, 0) is 34.4 Å². The minimum Gasteiger partial charge on any atom is -0.509 e. The van der Waals surface area contributed by atoms with E-state index in [0.29, 0.717) is 16.4 Å². The fraction of sp³-hybridized carbons (Fsp3) is 0.175. The number of hydrogen-bond donors (Lipinski definition) is 3. The third-order valence-electron chi connectivity index (χ3n) is 9.02. The van der Waals surface area contributed by atoms with Crippen LogP contribution >= 0.6 is 23.1 Å². The Morgan fingerprint density at radius 2 is 1.50 bits per heavy atom. The van der Waals surface area contributed by atoms with Crippen molar-refractivity contribution in [2.75, 3.05) is 25.3 Å². The smallest absolute Gasteiger partial charge is 0.358 e. The van der Waals surface area contributed by atoms with E-state index in [-0.39, 0.29) is 35.2 Å². The fourth-order valence-corrected chi connectivity index (χ4v) is 8.37.